The molecule has 0 saturated carbocycles. The molecule has 1 aliphatic rings. The molecule has 2 aromatic heterocycles. The molecule has 0 aromatic carbocycles. The molecule has 6 N–H and O–H groups in total. The van der Waals surface area contributed by atoms with Gasteiger partial charge in [0, 0.05) is 18.6 Å². The second-order valence-corrected chi connectivity index (χ2v) is 6.63. The number of alkyl halides is 3. The summed E-state index contributed by atoms with van der Waals surface area (Å²) in [6.07, 6.45) is -0.783. The number of hydrogen-bond acceptors (Lipinski definition) is 7. The van der Waals surface area contributed by atoms with Crippen LogP contribution in [0.15, 0.2) is 12.4 Å². The first kappa shape index (κ1) is 18.1. The molecule has 0 amide bonds. The average molecular weight is 368 g/mol. The van der Waals surface area contributed by atoms with E-state index in [0.29, 0.717) is 18.9 Å². The van der Waals surface area contributed by atoms with Gasteiger partial charge in [-0.15, -0.1) is 0 Å². The van der Waals surface area contributed by atoms with E-state index in [1.54, 1.807) is 0 Å². The summed E-state index contributed by atoms with van der Waals surface area (Å²) >= 11 is 0. The van der Waals surface area contributed by atoms with Gasteiger partial charge in [-0.2, -0.15) is 18.3 Å². The van der Waals surface area contributed by atoms with E-state index in [2.05, 4.69) is 15.1 Å². The highest BCUT2D eigenvalue weighted by Gasteiger charge is 2.37. The Kier molecular flexibility index (Phi) is 4.34. The molecule has 0 bridgehead atoms. The Morgan fingerprint density at radius 3 is 2.54 bits per heavy atom. The van der Waals surface area contributed by atoms with Crippen molar-refractivity contribution in [1.29, 1.82) is 5.41 Å². The van der Waals surface area contributed by atoms with Crippen molar-refractivity contribution >= 4 is 17.3 Å². The number of nitrogen functional groups attached to an aromatic ring is 1. The van der Waals surface area contributed by atoms with Crippen molar-refractivity contribution < 1.29 is 13.2 Å². The van der Waals surface area contributed by atoms with Gasteiger partial charge < -0.3 is 16.4 Å². The van der Waals surface area contributed by atoms with Gasteiger partial charge in [0.2, 0.25) is 0 Å². The van der Waals surface area contributed by atoms with Crippen molar-refractivity contribution in [2.75, 3.05) is 23.7 Å². The molecule has 11 heteroatoms. The van der Waals surface area contributed by atoms with Crippen molar-refractivity contribution in [1.82, 2.24) is 20.2 Å². The van der Waals surface area contributed by atoms with Crippen molar-refractivity contribution in [3.8, 4) is 0 Å². The predicted molar refractivity (Wildman–Crippen MR) is 90.0 cm³/mol. The number of aromatic nitrogens is 4. The van der Waals surface area contributed by atoms with Crippen LogP contribution < -0.4 is 16.4 Å². The monoisotopic (exact) mass is 368 g/mol. The lowest BCUT2D eigenvalue weighted by atomic mass is 9.91. The SMILES string of the molecule is CC1(N)CCN(c2cnc(C(=N)c3cn[nH]c3C(F)(F)F)c(N)n2)CC1. The highest BCUT2D eigenvalue weighted by molar-refractivity contribution is 6.12. The molecule has 0 unspecified atom stereocenters. The van der Waals surface area contributed by atoms with Gasteiger partial charge in [-0.1, -0.05) is 0 Å². The van der Waals surface area contributed by atoms with Gasteiger partial charge in [0.25, 0.3) is 0 Å². The van der Waals surface area contributed by atoms with Crippen LogP contribution in [0.25, 0.3) is 0 Å². The van der Waals surface area contributed by atoms with E-state index in [1.165, 1.54) is 6.20 Å². The topological polar surface area (TPSA) is 134 Å². The molecule has 1 saturated heterocycles. The molecule has 1 aliphatic heterocycles. The van der Waals surface area contributed by atoms with Crippen LogP contribution in [0.2, 0.25) is 0 Å². The van der Waals surface area contributed by atoms with Crippen LogP contribution in [0.3, 0.4) is 0 Å². The summed E-state index contributed by atoms with van der Waals surface area (Å²) in [5.41, 5.74) is 9.58. The summed E-state index contributed by atoms with van der Waals surface area (Å²) in [5.74, 6) is 0.403. The second-order valence-electron chi connectivity index (χ2n) is 6.63. The largest absolute Gasteiger partial charge is 0.433 e. The highest BCUT2D eigenvalue weighted by atomic mass is 19.4. The van der Waals surface area contributed by atoms with E-state index in [0.717, 1.165) is 19.0 Å². The summed E-state index contributed by atoms with van der Waals surface area (Å²) in [6, 6.07) is 0. The van der Waals surface area contributed by atoms with Crippen LogP contribution in [0.5, 0.6) is 0 Å². The standard InChI is InChI=1S/C15H19F3N8/c1-14(21)2-4-26(5-3-14)9-7-22-11(13(20)24-9)10(19)8-6-23-25-12(8)15(16,17)18/h6-7,19H,2-5,21H2,1H3,(H2,20,24)(H,23,25). The fourth-order valence-electron chi connectivity index (χ4n) is 2.80. The Morgan fingerprint density at radius 2 is 1.96 bits per heavy atom. The summed E-state index contributed by atoms with van der Waals surface area (Å²) in [7, 11) is 0. The second kappa shape index (κ2) is 6.24. The van der Waals surface area contributed by atoms with Crippen LogP contribution in [0.1, 0.15) is 36.7 Å². The molecular formula is C15H19F3N8. The first-order valence-electron chi connectivity index (χ1n) is 7.95. The minimum absolute atomic E-state index is 0.108. The van der Waals surface area contributed by atoms with E-state index in [9.17, 15) is 13.2 Å². The Hall–Kier alpha value is -2.69. The Balaban J connectivity index is 1.85. The molecular weight excluding hydrogens is 349 g/mol. The van der Waals surface area contributed by atoms with Crippen molar-refractivity contribution in [3.63, 3.8) is 0 Å². The van der Waals surface area contributed by atoms with Crippen LogP contribution in [-0.2, 0) is 6.18 Å². The highest BCUT2D eigenvalue weighted by Crippen LogP contribution is 2.31. The van der Waals surface area contributed by atoms with Crippen molar-refractivity contribution in [2.45, 2.75) is 31.5 Å². The molecule has 0 radical (unpaired) electrons. The summed E-state index contributed by atoms with van der Waals surface area (Å²) in [6.45, 7) is 3.34. The van der Waals surface area contributed by atoms with Gasteiger partial charge in [0.1, 0.15) is 17.2 Å². The van der Waals surface area contributed by atoms with E-state index in [1.807, 2.05) is 16.9 Å². The molecule has 0 atom stereocenters. The predicted octanol–water partition coefficient (Wildman–Crippen LogP) is 1.53. The maximum Gasteiger partial charge on any atom is 0.433 e. The van der Waals surface area contributed by atoms with Gasteiger partial charge in [-0.05, 0) is 19.8 Å². The average Bonchev–Trinajstić information content (AvgIpc) is 3.04. The van der Waals surface area contributed by atoms with Crippen LogP contribution in [0.4, 0.5) is 24.8 Å². The smallest absolute Gasteiger partial charge is 0.382 e. The number of rotatable bonds is 3. The van der Waals surface area contributed by atoms with E-state index in [4.69, 9.17) is 16.9 Å². The molecule has 3 heterocycles. The quantitative estimate of drug-likeness (QED) is 0.607. The minimum Gasteiger partial charge on any atom is -0.382 e. The third-order valence-electron chi connectivity index (χ3n) is 4.45. The Labute approximate surface area is 147 Å². The third kappa shape index (κ3) is 3.47. The van der Waals surface area contributed by atoms with Crippen molar-refractivity contribution in [2.24, 2.45) is 5.73 Å². The lowest BCUT2D eigenvalue weighted by Gasteiger charge is -2.37. The van der Waals surface area contributed by atoms with E-state index < -0.39 is 23.1 Å². The first-order valence-corrected chi connectivity index (χ1v) is 7.95. The zero-order valence-corrected chi connectivity index (χ0v) is 14.1. The Morgan fingerprint density at radius 1 is 1.31 bits per heavy atom. The molecule has 140 valence electrons. The fraction of sp³-hybridized carbons (Fsp3) is 0.467. The van der Waals surface area contributed by atoms with E-state index in [-0.39, 0.29) is 17.1 Å². The Bertz CT molecular complexity index is 817. The maximum absolute atomic E-state index is 13.0. The molecule has 8 nitrogen and oxygen atoms in total. The summed E-state index contributed by atoms with van der Waals surface area (Å²) < 4.78 is 38.9. The number of nitrogens with two attached hydrogens (primary N) is 2. The summed E-state index contributed by atoms with van der Waals surface area (Å²) in [5, 5.41) is 13.3. The molecule has 3 rings (SSSR count). The van der Waals surface area contributed by atoms with Gasteiger partial charge >= 0.3 is 6.18 Å². The number of nitrogens with one attached hydrogen (secondary N) is 2. The van der Waals surface area contributed by atoms with Gasteiger partial charge in [-0.3, -0.25) is 10.5 Å². The molecule has 26 heavy (non-hydrogen) atoms. The van der Waals surface area contributed by atoms with Gasteiger partial charge in [0.15, 0.2) is 5.82 Å². The molecule has 0 spiro atoms. The lowest BCUT2D eigenvalue weighted by Crippen LogP contribution is -2.48. The zero-order valence-electron chi connectivity index (χ0n) is 14.1. The number of H-pyrrole nitrogens is 1. The molecule has 1 fully saturated rings. The first-order chi connectivity index (χ1) is 12.1. The number of hydrogen-bond donors (Lipinski definition) is 4. The number of nitrogens with zero attached hydrogens (tertiary/aromatic N) is 4. The minimum atomic E-state index is -4.66. The zero-order chi connectivity index (χ0) is 19.1. The normalized spacial score (nSPS) is 17.3. The maximum atomic E-state index is 13.0. The van der Waals surface area contributed by atoms with Gasteiger partial charge in [0.05, 0.1) is 23.7 Å². The van der Waals surface area contributed by atoms with Crippen LogP contribution >= 0.6 is 0 Å². The summed E-state index contributed by atoms with van der Waals surface area (Å²) in [4.78, 5) is 10.3. The van der Waals surface area contributed by atoms with Crippen LogP contribution in [-0.4, -0.2) is 44.5 Å². The fourth-order valence-corrected chi connectivity index (χ4v) is 2.80. The number of piperidine rings is 1. The van der Waals surface area contributed by atoms with Gasteiger partial charge in [-0.25, -0.2) is 9.97 Å². The lowest BCUT2D eigenvalue weighted by molar-refractivity contribution is -0.141. The molecule has 2 aromatic rings. The number of halogens is 3. The van der Waals surface area contributed by atoms with E-state index >= 15 is 0 Å². The van der Waals surface area contributed by atoms with Crippen molar-refractivity contribution in [3.05, 3.63) is 29.3 Å². The number of aromatic amines is 1. The number of anilines is 2. The molecule has 0 aliphatic carbocycles. The van der Waals surface area contributed by atoms with Crippen LogP contribution in [0, 0.1) is 5.41 Å². The third-order valence-corrected chi connectivity index (χ3v) is 4.45.